The van der Waals surface area contributed by atoms with Crippen molar-refractivity contribution < 1.29 is 14.0 Å². The summed E-state index contributed by atoms with van der Waals surface area (Å²) in [6, 6.07) is 31.3. The summed E-state index contributed by atoms with van der Waals surface area (Å²) in [5, 5.41) is 0. The molecule has 1 saturated heterocycles. The summed E-state index contributed by atoms with van der Waals surface area (Å²) in [7, 11) is 0. The van der Waals surface area contributed by atoms with Crippen molar-refractivity contribution in [1.29, 1.82) is 0 Å². The first-order valence-electron chi connectivity index (χ1n) is 24.4. The second-order valence-electron chi connectivity index (χ2n) is 19.0. The van der Waals surface area contributed by atoms with Crippen LogP contribution in [-0.4, -0.2) is 89.6 Å². The summed E-state index contributed by atoms with van der Waals surface area (Å²) in [5.41, 5.74) is 9.12. The number of halogens is 1. The van der Waals surface area contributed by atoms with E-state index in [0.717, 1.165) is 103 Å². The molecule has 2 amide bonds. The van der Waals surface area contributed by atoms with E-state index in [0.29, 0.717) is 28.9 Å². The Hall–Kier alpha value is -5.91. The topological polar surface area (TPSA) is 104 Å². The highest BCUT2D eigenvalue weighted by atomic mass is 19.1. The fraction of sp³-hybridized carbons (Fsp3) is 0.418. The van der Waals surface area contributed by atoms with Gasteiger partial charge in [-0.3, -0.25) is 19.4 Å². The molecule has 0 radical (unpaired) electrons. The number of aromatic nitrogens is 4. The van der Waals surface area contributed by atoms with Crippen molar-refractivity contribution in [3.8, 4) is 33.6 Å². The predicted octanol–water partition coefficient (Wildman–Crippen LogP) is 10.5. The Kier molecular flexibility index (Phi) is 12.0. The van der Waals surface area contributed by atoms with Gasteiger partial charge in [0.1, 0.15) is 29.5 Å². The molecule has 10 rings (SSSR count). The van der Waals surface area contributed by atoms with Crippen molar-refractivity contribution in [2.24, 2.45) is 11.8 Å². The molecule has 10 nitrogen and oxygen atoms in total. The Morgan fingerprint density at radius 2 is 1.39 bits per heavy atom. The van der Waals surface area contributed by atoms with Crippen LogP contribution in [0.3, 0.4) is 0 Å². The molecule has 3 aliphatic carbocycles. The molecule has 6 aromatic rings. The Bertz CT molecular complexity index is 2710. The number of likely N-dealkylation sites (N-methyl/N-ethyl adjacent to an activating group) is 2. The number of hydrogen-bond acceptors (Lipinski definition) is 6. The predicted molar refractivity (Wildman–Crippen MR) is 258 cm³/mol. The van der Waals surface area contributed by atoms with Gasteiger partial charge in [-0.2, -0.15) is 0 Å². The molecular weight excluding hydrogens is 824 g/mol. The van der Waals surface area contributed by atoms with Crippen molar-refractivity contribution in [1.82, 2.24) is 39.5 Å². The quantitative estimate of drug-likeness (QED) is 0.100. The van der Waals surface area contributed by atoms with Crippen LogP contribution in [0.4, 0.5) is 4.39 Å². The van der Waals surface area contributed by atoms with Gasteiger partial charge in [0.2, 0.25) is 11.8 Å². The number of benzene rings is 4. The first-order chi connectivity index (χ1) is 32.1. The van der Waals surface area contributed by atoms with Crippen molar-refractivity contribution >= 4 is 11.8 Å². The monoisotopic (exact) mass is 887 g/mol. The van der Waals surface area contributed by atoms with E-state index in [1.807, 2.05) is 72.5 Å². The van der Waals surface area contributed by atoms with Crippen LogP contribution in [0.15, 0.2) is 103 Å². The number of nitrogens with one attached hydrogen (secondary N) is 2. The number of hydrogen-bond donors (Lipinski definition) is 2. The van der Waals surface area contributed by atoms with E-state index >= 15 is 4.39 Å². The van der Waals surface area contributed by atoms with Crippen molar-refractivity contribution in [2.45, 2.75) is 110 Å². The smallest absolute Gasteiger partial charge is 0.245 e. The summed E-state index contributed by atoms with van der Waals surface area (Å²) in [5.74, 6) is 2.34. The number of likely N-dealkylation sites (tertiary alicyclic amines) is 1. The maximum atomic E-state index is 16.2. The Labute approximate surface area is 388 Å². The largest absolute Gasteiger partial charge is 0.344 e. The Morgan fingerprint density at radius 1 is 0.773 bits per heavy atom. The number of piperidine rings is 1. The standard InChI is InChI=1S/C55H63FN8O2/c1-7-61(8-2)50(35-17-13-11-14-18-35)54(65)63(46-27-33(46)5)34(6)52-57-32-45(59-52)42-25-22-38(29-43(42)56)37-21-24-41-39(28-37)23-26-44-49(41)60-53(58-44)48-31-40-30-47(40)64(48)55(66)51(62(9-3)10-4)36-19-15-12-16-20-36/h11-22,24-25,28-29,32-34,40,46-48,50-51H,7-10,23,26-27,30-31H2,1-6H3,(H,57,59)(H,58,60)/t33?,34-,40+,46?,47?,48-,50+,51+/m0/s1. The number of carbonyl (C=O) groups excluding carboxylic acids is 2. The minimum atomic E-state index is -0.403. The molecule has 66 heavy (non-hydrogen) atoms. The molecule has 4 aromatic carbocycles. The van der Waals surface area contributed by atoms with E-state index in [9.17, 15) is 9.59 Å². The molecule has 0 spiro atoms. The van der Waals surface area contributed by atoms with Gasteiger partial charge < -0.3 is 19.8 Å². The molecule has 3 fully saturated rings. The van der Waals surface area contributed by atoms with Crippen LogP contribution >= 0.6 is 0 Å². The summed E-state index contributed by atoms with van der Waals surface area (Å²) in [6.45, 7) is 15.8. The zero-order valence-corrected chi connectivity index (χ0v) is 39.2. The van der Waals surface area contributed by atoms with Gasteiger partial charge in [-0.05, 0) is 117 Å². The number of fused-ring (bicyclic) bond motifs is 4. The van der Waals surface area contributed by atoms with Gasteiger partial charge in [0.25, 0.3) is 0 Å². The van der Waals surface area contributed by atoms with Crippen LogP contribution in [0.25, 0.3) is 33.6 Å². The fourth-order valence-electron chi connectivity index (χ4n) is 11.3. The maximum Gasteiger partial charge on any atom is 0.245 e. The molecule has 2 N–H and O–H groups in total. The minimum absolute atomic E-state index is 0.0705. The number of rotatable bonds is 16. The number of carbonyl (C=O) groups is 2. The van der Waals surface area contributed by atoms with Gasteiger partial charge in [0.05, 0.1) is 29.7 Å². The van der Waals surface area contributed by atoms with E-state index in [2.05, 4.69) is 89.6 Å². The SMILES string of the molecule is CCN(CC)[C@@H](C(=O)N(C1CC1C)[C@@H](C)c1ncc(-c2ccc(-c3ccc4c(c3)CCc3[nH]c([C@@H]5C[C@H]6CC6N5C(=O)[C@@H](c5ccccc5)N(CC)CC)nc3-4)cc2F)[nH]1)c1ccccc1. The van der Waals surface area contributed by atoms with E-state index in [1.165, 1.54) is 5.56 Å². The molecule has 8 atom stereocenters. The Morgan fingerprint density at radius 3 is 2.03 bits per heavy atom. The fourth-order valence-corrected chi connectivity index (χ4v) is 11.3. The molecule has 2 aromatic heterocycles. The number of nitrogens with zero attached hydrogens (tertiary/aromatic N) is 6. The number of aryl methyl sites for hydroxylation is 2. The third kappa shape index (κ3) is 7.97. The molecule has 3 heterocycles. The number of amides is 2. The van der Waals surface area contributed by atoms with Crippen LogP contribution in [0.5, 0.6) is 0 Å². The zero-order valence-electron chi connectivity index (χ0n) is 39.2. The lowest BCUT2D eigenvalue weighted by Crippen LogP contribution is -2.45. The number of H-pyrrole nitrogens is 2. The Balaban J connectivity index is 0.873. The first-order valence-corrected chi connectivity index (χ1v) is 24.4. The molecule has 1 aliphatic heterocycles. The summed E-state index contributed by atoms with van der Waals surface area (Å²) >= 11 is 0. The second kappa shape index (κ2) is 18.1. The average Bonchev–Trinajstić information content (AvgIpc) is 4.02. The van der Waals surface area contributed by atoms with Gasteiger partial charge >= 0.3 is 0 Å². The van der Waals surface area contributed by atoms with Crippen LogP contribution in [0.2, 0.25) is 0 Å². The van der Waals surface area contributed by atoms with Crippen LogP contribution in [-0.2, 0) is 22.4 Å². The van der Waals surface area contributed by atoms with Gasteiger partial charge in [-0.15, -0.1) is 0 Å². The lowest BCUT2D eigenvalue weighted by Gasteiger charge is -2.36. The highest BCUT2D eigenvalue weighted by Gasteiger charge is 2.56. The normalized spacial score (nSPS) is 21.8. The van der Waals surface area contributed by atoms with E-state index in [1.54, 1.807) is 12.3 Å². The zero-order chi connectivity index (χ0) is 45.8. The van der Waals surface area contributed by atoms with Crippen molar-refractivity contribution in [2.75, 3.05) is 26.2 Å². The van der Waals surface area contributed by atoms with Gasteiger partial charge in [-0.25, -0.2) is 14.4 Å². The average molecular weight is 887 g/mol. The first kappa shape index (κ1) is 44.0. The molecule has 4 aliphatic rings. The van der Waals surface area contributed by atoms with E-state index < -0.39 is 6.04 Å². The summed E-state index contributed by atoms with van der Waals surface area (Å²) in [4.78, 5) is 55.2. The molecule has 0 bridgehead atoms. The number of aromatic amines is 2. The summed E-state index contributed by atoms with van der Waals surface area (Å²) < 4.78 is 16.2. The third-order valence-electron chi connectivity index (χ3n) is 15.2. The molecule has 342 valence electrons. The van der Waals surface area contributed by atoms with Gasteiger partial charge in [-0.1, -0.05) is 120 Å². The number of imidazole rings is 2. The van der Waals surface area contributed by atoms with Crippen molar-refractivity contribution in [3.63, 3.8) is 0 Å². The van der Waals surface area contributed by atoms with Crippen LogP contribution in [0, 0.1) is 17.7 Å². The van der Waals surface area contributed by atoms with E-state index in [4.69, 9.17) is 9.97 Å². The lowest BCUT2D eigenvalue weighted by molar-refractivity contribution is -0.141. The third-order valence-corrected chi connectivity index (χ3v) is 15.2. The molecular formula is C55H63FN8O2. The van der Waals surface area contributed by atoms with Crippen molar-refractivity contribution in [3.05, 3.63) is 143 Å². The maximum absolute atomic E-state index is 16.2. The van der Waals surface area contributed by atoms with Crippen LogP contribution < -0.4 is 0 Å². The van der Waals surface area contributed by atoms with Gasteiger partial charge in [0.15, 0.2) is 0 Å². The lowest BCUT2D eigenvalue weighted by atomic mass is 9.89. The van der Waals surface area contributed by atoms with E-state index in [-0.39, 0.29) is 47.8 Å². The minimum Gasteiger partial charge on any atom is -0.344 e. The van der Waals surface area contributed by atoms with Gasteiger partial charge in [0, 0.05) is 28.9 Å². The second-order valence-corrected chi connectivity index (χ2v) is 19.0. The molecule has 3 unspecified atom stereocenters. The van der Waals surface area contributed by atoms with Crippen LogP contribution in [0.1, 0.15) is 119 Å². The highest BCUT2D eigenvalue weighted by molar-refractivity contribution is 5.86. The summed E-state index contributed by atoms with van der Waals surface area (Å²) in [6.07, 6.45) is 6.28. The highest BCUT2D eigenvalue weighted by Crippen LogP contribution is 2.54. The molecule has 2 saturated carbocycles. The molecule has 11 heteroatoms.